The summed E-state index contributed by atoms with van der Waals surface area (Å²) in [5.41, 5.74) is 5.75. The van der Waals surface area contributed by atoms with Crippen molar-refractivity contribution < 1.29 is 4.74 Å². The first-order valence-electron chi connectivity index (χ1n) is 6.87. The number of rotatable bonds is 5. The van der Waals surface area contributed by atoms with E-state index in [1.165, 1.54) is 0 Å². The van der Waals surface area contributed by atoms with Crippen molar-refractivity contribution in [3.63, 3.8) is 0 Å². The van der Waals surface area contributed by atoms with Gasteiger partial charge in [0.2, 0.25) is 17.8 Å². The summed E-state index contributed by atoms with van der Waals surface area (Å²) in [6, 6.07) is 1.89. The van der Waals surface area contributed by atoms with Crippen molar-refractivity contribution in [3.8, 4) is 0 Å². The van der Waals surface area contributed by atoms with Crippen LogP contribution in [0.4, 0.5) is 17.8 Å². The number of nitrogens with zero attached hydrogens (tertiary/aromatic N) is 6. The van der Waals surface area contributed by atoms with Gasteiger partial charge in [-0.25, -0.2) is 0 Å². The van der Waals surface area contributed by atoms with Crippen LogP contribution in [-0.4, -0.2) is 57.6 Å². The lowest BCUT2D eigenvalue weighted by Crippen LogP contribution is -2.37. The zero-order valence-corrected chi connectivity index (χ0v) is 11.6. The average molecular weight is 290 g/mol. The van der Waals surface area contributed by atoms with Crippen LogP contribution < -0.4 is 16.0 Å². The van der Waals surface area contributed by atoms with Crippen molar-refractivity contribution in [1.29, 1.82) is 0 Å². The molecule has 0 unspecified atom stereocenters. The summed E-state index contributed by atoms with van der Waals surface area (Å²) in [6.07, 6.45) is 3.65. The molecule has 0 aliphatic carbocycles. The van der Waals surface area contributed by atoms with Crippen molar-refractivity contribution >= 4 is 17.8 Å². The van der Waals surface area contributed by atoms with Gasteiger partial charge in [-0.05, 0) is 6.07 Å². The van der Waals surface area contributed by atoms with Crippen LogP contribution in [0.5, 0.6) is 0 Å². The SMILES string of the molecule is Nc1nc(NCCn2cccn2)nc(N2CCOCC2)n1. The maximum atomic E-state index is 5.75. The van der Waals surface area contributed by atoms with E-state index in [2.05, 4.69) is 25.4 Å². The average Bonchev–Trinajstić information content (AvgIpc) is 3.01. The number of morpholine rings is 1. The van der Waals surface area contributed by atoms with Gasteiger partial charge in [0.1, 0.15) is 0 Å². The van der Waals surface area contributed by atoms with E-state index in [-0.39, 0.29) is 5.95 Å². The number of hydrogen-bond donors (Lipinski definition) is 2. The first-order valence-corrected chi connectivity index (χ1v) is 6.87. The van der Waals surface area contributed by atoms with Crippen LogP contribution in [0.15, 0.2) is 18.5 Å². The monoisotopic (exact) mass is 290 g/mol. The fourth-order valence-electron chi connectivity index (χ4n) is 2.08. The molecular formula is C12H18N8O. The van der Waals surface area contributed by atoms with E-state index in [0.29, 0.717) is 31.7 Å². The molecule has 3 rings (SSSR count). The highest BCUT2D eigenvalue weighted by Crippen LogP contribution is 2.13. The normalized spacial score (nSPS) is 15.1. The van der Waals surface area contributed by atoms with Crippen molar-refractivity contribution in [2.24, 2.45) is 0 Å². The van der Waals surface area contributed by atoms with Gasteiger partial charge in [0.25, 0.3) is 0 Å². The summed E-state index contributed by atoms with van der Waals surface area (Å²) in [4.78, 5) is 14.7. The van der Waals surface area contributed by atoms with Crippen LogP contribution in [0.1, 0.15) is 0 Å². The summed E-state index contributed by atoms with van der Waals surface area (Å²) in [7, 11) is 0. The fourth-order valence-corrected chi connectivity index (χ4v) is 2.08. The summed E-state index contributed by atoms with van der Waals surface area (Å²) < 4.78 is 7.15. The van der Waals surface area contributed by atoms with Crippen LogP contribution >= 0.6 is 0 Å². The highest BCUT2D eigenvalue weighted by molar-refractivity contribution is 5.42. The third-order valence-electron chi connectivity index (χ3n) is 3.12. The molecule has 0 saturated carbocycles. The molecule has 3 N–H and O–H groups in total. The molecular weight excluding hydrogens is 272 g/mol. The highest BCUT2D eigenvalue weighted by Gasteiger charge is 2.15. The lowest BCUT2D eigenvalue weighted by atomic mass is 10.4. The lowest BCUT2D eigenvalue weighted by molar-refractivity contribution is 0.122. The van der Waals surface area contributed by atoms with Crippen LogP contribution in [0, 0.1) is 0 Å². The molecule has 0 amide bonds. The number of nitrogens with one attached hydrogen (secondary N) is 1. The summed E-state index contributed by atoms with van der Waals surface area (Å²) >= 11 is 0. The highest BCUT2D eigenvalue weighted by atomic mass is 16.5. The Balaban J connectivity index is 1.63. The Bertz CT molecular complexity index is 567. The van der Waals surface area contributed by atoms with Crippen LogP contribution in [0.25, 0.3) is 0 Å². The standard InChI is InChI=1S/C12H18N8O/c13-10-16-11(14-3-5-20-4-1-2-15-20)18-12(17-10)19-6-8-21-9-7-19/h1-2,4H,3,5-9H2,(H3,13,14,16,17,18). The molecule has 0 aromatic carbocycles. The molecule has 1 aliphatic rings. The molecule has 2 aromatic rings. The third kappa shape index (κ3) is 3.57. The minimum absolute atomic E-state index is 0.216. The molecule has 0 bridgehead atoms. The molecule has 2 aromatic heterocycles. The first kappa shape index (κ1) is 13.6. The van der Waals surface area contributed by atoms with Gasteiger partial charge in [-0.3, -0.25) is 4.68 Å². The summed E-state index contributed by atoms with van der Waals surface area (Å²) in [5.74, 6) is 1.29. The van der Waals surface area contributed by atoms with Crippen molar-refractivity contribution in [1.82, 2.24) is 24.7 Å². The van der Waals surface area contributed by atoms with Gasteiger partial charge in [-0.2, -0.15) is 20.1 Å². The molecule has 1 aliphatic heterocycles. The number of nitrogen functional groups attached to an aromatic ring is 1. The van der Waals surface area contributed by atoms with Crippen molar-refractivity contribution in [3.05, 3.63) is 18.5 Å². The molecule has 0 atom stereocenters. The Kier molecular flexibility index (Phi) is 4.10. The Hall–Kier alpha value is -2.42. The number of aromatic nitrogens is 5. The number of nitrogens with two attached hydrogens (primary N) is 1. The second kappa shape index (κ2) is 6.35. The quantitative estimate of drug-likeness (QED) is 0.766. The Labute approximate surface area is 122 Å². The largest absolute Gasteiger partial charge is 0.378 e. The Morgan fingerprint density at radius 2 is 2.10 bits per heavy atom. The zero-order valence-electron chi connectivity index (χ0n) is 11.6. The molecule has 3 heterocycles. The van der Waals surface area contributed by atoms with Gasteiger partial charge in [-0.1, -0.05) is 0 Å². The smallest absolute Gasteiger partial charge is 0.232 e. The van der Waals surface area contributed by atoms with Crippen LogP contribution in [-0.2, 0) is 11.3 Å². The topological polar surface area (TPSA) is 107 Å². The van der Waals surface area contributed by atoms with Crippen LogP contribution in [0.2, 0.25) is 0 Å². The van der Waals surface area contributed by atoms with Gasteiger partial charge < -0.3 is 20.7 Å². The van der Waals surface area contributed by atoms with E-state index in [1.807, 2.05) is 21.8 Å². The van der Waals surface area contributed by atoms with E-state index in [1.54, 1.807) is 6.20 Å². The zero-order chi connectivity index (χ0) is 14.5. The molecule has 0 spiro atoms. The van der Waals surface area contributed by atoms with E-state index >= 15 is 0 Å². The number of ether oxygens (including phenoxy) is 1. The van der Waals surface area contributed by atoms with E-state index in [0.717, 1.165) is 19.6 Å². The first-order chi connectivity index (χ1) is 10.3. The molecule has 1 saturated heterocycles. The molecule has 112 valence electrons. The molecule has 9 heteroatoms. The summed E-state index contributed by atoms with van der Waals surface area (Å²) in [5, 5.41) is 7.27. The minimum atomic E-state index is 0.216. The second-order valence-electron chi connectivity index (χ2n) is 4.61. The predicted octanol–water partition coefficient (Wildman–Crippen LogP) is -0.401. The van der Waals surface area contributed by atoms with Crippen LogP contribution in [0.3, 0.4) is 0 Å². The van der Waals surface area contributed by atoms with Gasteiger partial charge in [0, 0.05) is 32.0 Å². The van der Waals surface area contributed by atoms with Crippen molar-refractivity contribution in [2.45, 2.75) is 6.54 Å². The molecule has 21 heavy (non-hydrogen) atoms. The Morgan fingerprint density at radius 1 is 1.24 bits per heavy atom. The fraction of sp³-hybridized carbons (Fsp3) is 0.500. The van der Waals surface area contributed by atoms with Gasteiger partial charge >= 0.3 is 0 Å². The lowest BCUT2D eigenvalue weighted by Gasteiger charge is -2.26. The second-order valence-corrected chi connectivity index (χ2v) is 4.61. The van der Waals surface area contributed by atoms with E-state index in [9.17, 15) is 0 Å². The van der Waals surface area contributed by atoms with Gasteiger partial charge in [-0.15, -0.1) is 0 Å². The van der Waals surface area contributed by atoms with Crippen molar-refractivity contribution in [2.75, 3.05) is 48.8 Å². The summed E-state index contributed by atoms with van der Waals surface area (Å²) in [6.45, 7) is 4.26. The molecule has 9 nitrogen and oxygen atoms in total. The van der Waals surface area contributed by atoms with Gasteiger partial charge in [0.05, 0.1) is 19.8 Å². The maximum Gasteiger partial charge on any atom is 0.232 e. The van der Waals surface area contributed by atoms with Gasteiger partial charge in [0.15, 0.2) is 0 Å². The Morgan fingerprint density at radius 3 is 2.86 bits per heavy atom. The van der Waals surface area contributed by atoms with E-state index in [4.69, 9.17) is 10.5 Å². The molecule has 0 radical (unpaired) electrons. The minimum Gasteiger partial charge on any atom is -0.378 e. The maximum absolute atomic E-state index is 5.75. The number of hydrogen-bond acceptors (Lipinski definition) is 8. The third-order valence-corrected chi connectivity index (χ3v) is 3.12. The predicted molar refractivity (Wildman–Crippen MR) is 78.0 cm³/mol. The number of anilines is 3. The molecule has 1 fully saturated rings. The van der Waals surface area contributed by atoms with E-state index < -0.39 is 0 Å².